The molecule has 1 aliphatic rings. The zero-order valence-corrected chi connectivity index (χ0v) is 14.4. The lowest BCUT2D eigenvalue weighted by molar-refractivity contribution is 0.0221. The molecule has 2 atom stereocenters. The molecular weight excluding hydrogens is 356 g/mol. The Balaban J connectivity index is 1.96. The average Bonchev–Trinajstić information content (AvgIpc) is 2.80. The van der Waals surface area contributed by atoms with Crippen LogP contribution >= 0.6 is 0 Å². The Labute approximate surface area is 157 Å². The minimum absolute atomic E-state index is 0.0837. The number of rotatable bonds is 0. The number of ketones is 2. The Kier molecular flexibility index (Phi) is 2.82. The summed E-state index contributed by atoms with van der Waals surface area (Å²) >= 11 is 0. The van der Waals surface area contributed by atoms with Crippen molar-refractivity contribution in [3.05, 3.63) is 59.8 Å². The van der Waals surface area contributed by atoms with E-state index in [0.717, 1.165) is 26.9 Å². The third-order valence-corrected chi connectivity index (χ3v) is 5.71. The monoisotopic (exact) mass is 368 g/mol. The van der Waals surface area contributed by atoms with Gasteiger partial charge in [0.15, 0.2) is 18.0 Å². The summed E-state index contributed by atoms with van der Waals surface area (Å²) in [5.41, 5.74) is 0.680. The van der Waals surface area contributed by atoms with Crippen molar-refractivity contribution in [1.29, 1.82) is 0 Å². The van der Waals surface area contributed by atoms with Crippen LogP contribution in [-0.2, 0) is 0 Å². The molecule has 0 saturated carbocycles. The van der Waals surface area contributed by atoms with Gasteiger partial charge in [0, 0.05) is 21.7 Å². The molecule has 0 saturated heterocycles. The van der Waals surface area contributed by atoms with Gasteiger partial charge in [-0.3, -0.25) is 9.59 Å². The average molecular weight is 368 g/mol. The van der Waals surface area contributed by atoms with Gasteiger partial charge in [-0.25, -0.2) is 0 Å². The summed E-state index contributed by atoms with van der Waals surface area (Å²) in [4.78, 5) is 25.4. The van der Waals surface area contributed by atoms with Crippen LogP contribution in [0.1, 0.15) is 20.8 Å². The van der Waals surface area contributed by atoms with Crippen molar-refractivity contribution in [2.45, 2.75) is 12.2 Å². The van der Waals surface area contributed by atoms with Crippen molar-refractivity contribution in [3.8, 4) is 0 Å². The Morgan fingerprint density at radius 2 is 1.36 bits per heavy atom. The van der Waals surface area contributed by atoms with Gasteiger partial charge in [-0.1, -0.05) is 42.5 Å². The fourth-order valence-corrected chi connectivity index (χ4v) is 4.43. The predicted octanol–water partition coefficient (Wildman–Crippen LogP) is 2.63. The van der Waals surface area contributed by atoms with E-state index < -0.39 is 23.8 Å². The number of carbonyl (C=O) groups is 2. The molecule has 0 amide bonds. The van der Waals surface area contributed by atoms with Crippen LogP contribution in [0, 0.1) is 0 Å². The molecular formula is C22H12N2O4. The first-order valence-corrected chi connectivity index (χ1v) is 8.88. The number of nitrogens with zero attached hydrogens (tertiary/aromatic N) is 2. The van der Waals surface area contributed by atoms with E-state index in [-0.39, 0.29) is 11.3 Å². The van der Waals surface area contributed by atoms with Crippen LogP contribution < -0.4 is 0 Å². The molecule has 2 unspecified atom stereocenters. The Morgan fingerprint density at radius 1 is 0.679 bits per heavy atom. The van der Waals surface area contributed by atoms with Crippen molar-refractivity contribution in [1.82, 2.24) is 10.2 Å². The molecule has 0 spiro atoms. The van der Waals surface area contributed by atoms with Gasteiger partial charge in [0.05, 0.1) is 0 Å². The summed E-state index contributed by atoms with van der Waals surface area (Å²) in [5, 5.41) is 34.5. The van der Waals surface area contributed by atoms with E-state index in [0.29, 0.717) is 16.3 Å². The number of carbonyl (C=O) groups excluding carboxylic acids is 2. The normalized spacial score (nSPS) is 19.9. The van der Waals surface area contributed by atoms with Gasteiger partial charge in [-0.2, -0.15) is 0 Å². The molecule has 0 radical (unpaired) electrons. The number of hydrogen-bond donors (Lipinski definition) is 2. The molecule has 6 rings (SSSR count). The minimum atomic E-state index is -1.86. The second kappa shape index (κ2) is 5.07. The fraction of sp³-hybridized carbons (Fsp3) is 0.0909. The fourth-order valence-electron chi connectivity index (χ4n) is 4.43. The van der Waals surface area contributed by atoms with Crippen molar-refractivity contribution in [3.63, 3.8) is 0 Å². The number of fused-ring (bicyclic) bond motifs is 2. The maximum absolute atomic E-state index is 12.7. The maximum atomic E-state index is 12.7. The first-order valence-electron chi connectivity index (χ1n) is 8.88. The first-order chi connectivity index (χ1) is 13.6. The van der Waals surface area contributed by atoms with E-state index in [9.17, 15) is 19.8 Å². The summed E-state index contributed by atoms with van der Waals surface area (Å²) < 4.78 is 0. The lowest BCUT2D eigenvalue weighted by atomic mass is 9.89. The highest BCUT2D eigenvalue weighted by Crippen LogP contribution is 2.41. The summed E-state index contributed by atoms with van der Waals surface area (Å²) in [6.07, 6.45) is -3.68. The highest BCUT2D eigenvalue weighted by Gasteiger charge is 2.39. The van der Waals surface area contributed by atoms with E-state index in [1.165, 1.54) is 0 Å². The van der Waals surface area contributed by atoms with Crippen molar-refractivity contribution in [2.24, 2.45) is 0 Å². The number of hydrogen-bond acceptors (Lipinski definition) is 6. The molecule has 2 N–H and O–H groups in total. The van der Waals surface area contributed by atoms with Crippen LogP contribution in [-0.4, -0.2) is 44.2 Å². The quantitative estimate of drug-likeness (QED) is 0.322. The van der Waals surface area contributed by atoms with Crippen LogP contribution in [0.2, 0.25) is 0 Å². The van der Waals surface area contributed by atoms with E-state index in [1.807, 2.05) is 42.5 Å². The Hall–Kier alpha value is -3.48. The van der Waals surface area contributed by atoms with Crippen molar-refractivity contribution in [2.75, 3.05) is 0 Å². The molecule has 1 aliphatic carbocycles. The first kappa shape index (κ1) is 15.6. The topological polar surface area (TPSA) is 100 Å². The molecule has 1 heterocycles. The Morgan fingerprint density at radius 3 is 2.14 bits per heavy atom. The molecule has 0 aliphatic heterocycles. The third kappa shape index (κ3) is 1.69. The highest BCUT2D eigenvalue weighted by molar-refractivity contribution is 6.36. The van der Waals surface area contributed by atoms with Crippen LogP contribution in [0.3, 0.4) is 0 Å². The predicted molar refractivity (Wildman–Crippen MR) is 104 cm³/mol. The number of aliphatic hydroxyl groups is 2. The molecule has 5 aromatic rings. The molecule has 1 aromatic heterocycles. The molecule has 0 fully saturated rings. The summed E-state index contributed by atoms with van der Waals surface area (Å²) in [5.74, 6) is -1.49. The lowest BCUT2D eigenvalue weighted by Gasteiger charge is -2.15. The van der Waals surface area contributed by atoms with E-state index in [1.54, 1.807) is 6.07 Å². The zero-order valence-electron chi connectivity index (χ0n) is 14.4. The largest absolute Gasteiger partial charge is 0.382 e. The van der Waals surface area contributed by atoms with Gasteiger partial charge >= 0.3 is 0 Å². The molecule has 28 heavy (non-hydrogen) atoms. The smallest absolute Gasteiger partial charge is 0.215 e. The van der Waals surface area contributed by atoms with Crippen LogP contribution in [0.15, 0.2) is 48.5 Å². The number of benzene rings is 4. The summed E-state index contributed by atoms with van der Waals surface area (Å²) in [6, 6.07) is 15.3. The van der Waals surface area contributed by atoms with Gasteiger partial charge in [0.25, 0.3) is 0 Å². The van der Waals surface area contributed by atoms with Gasteiger partial charge in [0.2, 0.25) is 5.78 Å². The molecule has 134 valence electrons. The van der Waals surface area contributed by atoms with Gasteiger partial charge in [-0.15, -0.1) is 10.2 Å². The van der Waals surface area contributed by atoms with E-state index in [2.05, 4.69) is 10.2 Å². The lowest BCUT2D eigenvalue weighted by Crippen LogP contribution is -2.38. The van der Waals surface area contributed by atoms with Crippen LogP contribution in [0.4, 0.5) is 0 Å². The van der Waals surface area contributed by atoms with E-state index >= 15 is 0 Å². The SMILES string of the molecule is O=C1c2ccc3c4cccc5cccc(c6nnc(c2c36)C(=O)C(O)C1O)c54. The van der Waals surface area contributed by atoms with Crippen molar-refractivity contribution >= 4 is 54.8 Å². The second-order valence-corrected chi connectivity index (χ2v) is 7.14. The third-order valence-electron chi connectivity index (χ3n) is 5.71. The number of aliphatic hydroxyl groups excluding tert-OH is 2. The molecule has 6 nitrogen and oxygen atoms in total. The highest BCUT2D eigenvalue weighted by atomic mass is 16.3. The summed E-state index contributed by atoms with van der Waals surface area (Å²) in [7, 11) is 0. The Bertz CT molecular complexity index is 1390. The van der Waals surface area contributed by atoms with Gasteiger partial charge in [-0.05, 0) is 27.6 Å². The standard InChI is InChI=1S/C22H12N2O4/c25-19-13-8-7-11-10-5-1-3-9-4-2-6-12(14(9)10)17-15(11)16(13)18(24-23-17)20(26)22(28)21(19)27/h1-8,21-22,27-28H. The zero-order chi connectivity index (χ0) is 19.2. The molecule has 0 bridgehead atoms. The van der Waals surface area contributed by atoms with Crippen LogP contribution in [0.5, 0.6) is 0 Å². The van der Waals surface area contributed by atoms with Crippen molar-refractivity contribution < 1.29 is 19.8 Å². The number of Topliss-reactive ketones (excluding diaryl/α,β-unsaturated/α-hetero) is 2. The van der Waals surface area contributed by atoms with Crippen LogP contribution in [0.25, 0.3) is 43.2 Å². The minimum Gasteiger partial charge on any atom is -0.382 e. The molecule has 4 aromatic carbocycles. The molecule has 6 heteroatoms. The summed E-state index contributed by atoms with van der Waals surface area (Å²) in [6.45, 7) is 0. The maximum Gasteiger partial charge on any atom is 0.215 e. The van der Waals surface area contributed by atoms with Gasteiger partial charge in [0.1, 0.15) is 11.2 Å². The number of aromatic nitrogens is 2. The van der Waals surface area contributed by atoms with E-state index in [4.69, 9.17) is 0 Å². The second-order valence-electron chi connectivity index (χ2n) is 7.14. The van der Waals surface area contributed by atoms with Gasteiger partial charge < -0.3 is 10.2 Å².